The molecule has 0 aromatic rings. The van der Waals surface area contributed by atoms with Crippen LogP contribution in [-0.2, 0) is 9.59 Å². The van der Waals surface area contributed by atoms with E-state index in [1.807, 2.05) is 0 Å². The SMILES string of the molecule is CC(=O)NC1CNCCN(C)C1.CC(=O)O. The molecule has 1 saturated heterocycles. The monoisotopic (exact) mass is 231 g/mol. The van der Waals surface area contributed by atoms with E-state index in [-0.39, 0.29) is 11.9 Å². The van der Waals surface area contributed by atoms with Crippen LogP contribution in [0.1, 0.15) is 13.8 Å². The number of hydrogen-bond donors (Lipinski definition) is 3. The van der Waals surface area contributed by atoms with E-state index < -0.39 is 5.97 Å². The van der Waals surface area contributed by atoms with Crippen LogP contribution in [0.5, 0.6) is 0 Å². The first-order valence-electron chi connectivity index (χ1n) is 5.27. The van der Waals surface area contributed by atoms with Crippen LogP contribution >= 0.6 is 0 Å². The number of nitrogens with zero attached hydrogens (tertiary/aromatic N) is 1. The Balaban J connectivity index is 0.000000487. The van der Waals surface area contributed by atoms with Gasteiger partial charge in [-0.3, -0.25) is 9.59 Å². The number of amides is 1. The van der Waals surface area contributed by atoms with E-state index in [1.54, 1.807) is 6.92 Å². The van der Waals surface area contributed by atoms with Gasteiger partial charge in [-0.15, -0.1) is 0 Å². The van der Waals surface area contributed by atoms with Crippen molar-refractivity contribution in [3.63, 3.8) is 0 Å². The van der Waals surface area contributed by atoms with E-state index in [4.69, 9.17) is 9.90 Å². The molecule has 0 aliphatic carbocycles. The molecule has 1 aliphatic heterocycles. The summed E-state index contributed by atoms with van der Waals surface area (Å²) in [5.41, 5.74) is 0. The molecule has 1 unspecified atom stereocenters. The van der Waals surface area contributed by atoms with Gasteiger partial charge in [0.15, 0.2) is 0 Å². The van der Waals surface area contributed by atoms with Gasteiger partial charge in [0.25, 0.3) is 5.97 Å². The highest BCUT2D eigenvalue weighted by Crippen LogP contribution is 1.92. The van der Waals surface area contributed by atoms with Crippen LogP contribution < -0.4 is 10.6 Å². The Bertz CT molecular complexity index is 229. The fourth-order valence-electron chi connectivity index (χ4n) is 1.46. The molecule has 1 amide bonds. The highest BCUT2D eigenvalue weighted by molar-refractivity contribution is 5.73. The van der Waals surface area contributed by atoms with E-state index in [0.29, 0.717) is 0 Å². The van der Waals surface area contributed by atoms with Gasteiger partial charge in [0, 0.05) is 40.0 Å². The maximum Gasteiger partial charge on any atom is 0.300 e. The normalized spacial score (nSPS) is 21.3. The molecule has 0 bridgehead atoms. The van der Waals surface area contributed by atoms with Crippen molar-refractivity contribution in [1.82, 2.24) is 15.5 Å². The maximum absolute atomic E-state index is 10.8. The molecular weight excluding hydrogens is 210 g/mol. The molecule has 6 nitrogen and oxygen atoms in total. The minimum Gasteiger partial charge on any atom is -0.481 e. The number of carboxylic acids is 1. The lowest BCUT2D eigenvalue weighted by Gasteiger charge is -2.19. The molecule has 6 heteroatoms. The predicted molar refractivity (Wildman–Crippen MR) is 61.3 cm³/mol. The second-order valence-corrected chi connectivity index (χ2v) is 3.88. The number of carbonyl (C=O) groups excluding carboxylic acids is 1. The molecule has 0 aromatic heterocycles. The molecule has 0 saturated carbocycles. The van der Waals surface area contributed by atoms with E-state index in [0.717, 1.165) is 33.1 Å². The summed E-state index contributed by atoms with van der Waals surface area (Å²) < 4.78 is 0. The molecule has 1 rings (SSSR count). The third kappa shape index (κ3) is 9.42. The summed E-state index contributed by atoms with van der Waals surface area (Å²) in [7, 11) is 2.07. The van der Waals surface area contributed by atoms with Gasteiger partial charge >= 0.3 is 0 Å². The number of carbonyl (C=O) groups is 2. The van der Waals surface area contributed by atoms with Gasteiger partial charge in [-0.05, 0) is 7.05 Å². The molecule has 16 heavy (non-hydrogen) atoms. The zero-order chi connectivity index (χ0) is 12.6. The first-order valence-corrected chi connectivity index (χ1v) is 5.27. The van der Waals surface area contributed by atoms with Crippen molar-refractivity contribution < 1.29 is 14.7 Å². The Morgan fingerprint density at radius 1 is 1.44 bits per heavy atom. The van der Waals surface area contributed by atoms with Crippen LogP contribution in [0.2, 0.25) is 0 Å². The van der Waals surface area contributed by atoms with Gasteiger partial charge in [0.05, 0.1) is 6.04 Å². The second-order valence-electron chi connectivity index (χ2n) is 3.88. The van der Waals surface area contributed by atoms with Crippen molar-refractivity contribution in [2.75, 3.05) is 33.2 Å². The molecule has 1 aliphatic rings. The van der Waals surface area contributed by atoms with Crippen LogP contribution in [0.15, 0.2) is 0 Å². The molecular formula is C10H21N3O3. The summed E-state index contributed by atoms with van der Waals surface area (Å²) >= 11 is 0. The summed E-state index contributed by atoms with van der Waals surface area (Å²) in [4.78, 5) is 22.0. The lowest BCUT2D eigenvalue weighted by molar-refractivity contribution is -0.134. The van der Waals surface area contributed by atoms with Crippen molar-refractivity contribution in [3.8, 4) is 0 Å². The third-order valence-corrected chi connectivity index (χ3v) is 2.00. The standard InChI is InChI=1S/C8H17N3O.C2H4O2/c1-7(12)10-8-5-9-3-4-11(2)6-8;1-2(3)4/h8-9H,3-6H2,1-2H3,(H,10,12);1H3,(H,3,4). The third-order valence-electron chi connectivity index (χ3n) is 2.00. The van der Waals surface area contributed by atoms with Crippen LogP contribution in [0, 0.1) is 0 Å². The van der Waals surface area contributed by atoms with Gasteiger partial charge in [-0.25, -0.2) is 0 Å². The average Bonchev–Trinajstić information content (AvgIpc) is 2.27. The molecule has 1 fully saturated rings. The van der Waals surface area contributed by atoms with Crippen LogP contribution in [0.4, 0.5) is 0 Å². The maximum atomic E-state index is 10.8. The highest BCUT2D eigenvalue weighted by Gasteiger charge is 2.14. The number of nitrogens with one attached hydrogen (secondary N) is 2. The summed E-state index contributed by atoms with van der Waals surface area (Å²) in [6, 6.07) is 0.259. The largest absolute Gasteiger partial charge is 0.481 e. The Morgan fingerprint density at radius 2 is 2.00 bits per heavy atom. The molecule has 0 aromatic carbocycles. The molecule has 3 N–H and O–H groups in total. The van der Waals surface area contributed by atoms with Gasteiger partial charge in [0.2, 0.25) is 5.91 Å². The highest BCUT2D eigenvalue weighted by atomic mass is 16.4. The van der Waals surface area contributed by atoms with Gasteiger partial charge in [-0.1, -0.05) is 0 Å². The summed E-state index contributed by atoms with van der Waals surface area (Å²) in [5, 5.41) is 13.6. The van der Waals surface area contributed by atoms with Crippen molar-refractivity contribution in [2.45, 2.75) is 19.9 Å². The molecule has 0 spiro atoms. The van der Waals surface area contributed by atoms with Crippen LogP contribution in [-0.4, -0.2) is 61.2 Å². The van der Waals surface area contributed by atoms with Crippen molar-refractivity contribution in [2.24, 2.45) is 0 Å². The lowest BCUT2D eigenvalue weighted by Crippen LogP contribution is -2.44. The van der Waals surface area contributed by atoms with E-state index in [9.17, 15) is 4.79 Å². The number of aliphatic carboxylic acids is 1. The lowest BCUT2D eigenvalue weighted by atomic mass is 10.3. The van der Waals surface area contributed by atoms with Gasteiger partial charge in [-0.2, -0.15) is 0 Å². The smallest absolute Gasteiger partial charge is 0.300 e. The first-order chi connectivity index (χ1) is 7.41. The fraction of sp³-hybridized carbons (Fsp3) is 0.800. The number of likely N-dealkylation sites (N-methyl/N-ethyl adjacent to an activating group) is 1. The van der Waals surface area contributed by atoms with Gasteiger partial charge in [0.1, 0.15) is 0 Å². The molecule has 1 heterocycles. The van der Waals surface area contributed by atoms with Crippen molar-refractivity contribution in [3.05, 3.63) is 0 Å². The topological polar surface area (TPSA) is 81.7 Å². The quantitative estimate of drug-likeness (QED) is 0.546. The number of rotatable bonds is 1. The zero-order valence-corrected chi connectivity index (χ0v) is 10.1. The van der Waals surface area contributed by atoms with E-state index in [1.165, 1.54) is 0 Å². The minimum absolute atomic E-state index is 0.0529. The van der Waals surface area contributed by atoms with E-state index in [2.05, 4.69) is 22.6 Å². The van der Waals surface area contributed by atoms with Crippen molar-refractivity contribution >= 4 is 11.9 Å². The van der Waals surface area contributed by atoms with Crippen LogP contribution in [0.25, 0.3) is 0 Å². The Morgan fingerprint density at radius 3 is 2.50 bits per heavy atom. The average molecular weight is 231 g/mol. The van der Waals surface area contributed by atoms with E-state index >= 15 is 0 Å². The first kappa shape index (κ1) is 14.9. The fourth-order valence-corrected chi connectivity index (χ4v) is 1.46. The minimum atomic E-state index is -0.833. The summed E-state index contributed by atoms with van der Waals surface area (Å²) in [6.07, 6.45) is 0. The van der Waals surface area contributed by atoms with Crippen molar-refractivity contribution in [1.29, 1.82) is 0 Å². The second kappa shape index (κ2) is 8.06. The van der Waals surface area contributed by atoms with Crippen LogP contribution in [0.3, 0.4) is 0 Å². The molecule has 1 atom stereocenters. The Kier molecular flexibility index (Phi) is 7.49. The van der Waals surface area contributed by atoms with Gasteiger partial charge < -0.3 is 20.6 Å². The molecule has 0 radical (unpaired) electrons. The number of carboxylic acid groups (broad SMARTS) is 1. The summed E-state index contributed by atoms with van der Waals surface area (Å²) in [6.45, 7) is 6.52. The Labute approximate surface area is 96.0 Å². The number of hydrogen-bond acceptors (Lipinski definition) is 4. The summed E-state index contributed by atoms with van der Waals surface area (Å²) in [5.74, 6) is -0.780. The predicted octanol–water partition coefficient (Wildman–Crippen LogP) is -0.883. The molecule has 94 valence electrons. The Hall–Kier alpha value is -1.14. The zero-order valence-electron chi connectivity index (χ0n) is 10.1.